The van der Waals surface area contributed by atoms with Crippen LogP contribution in [0.3, 0.4) is 0 Å². The van der Waals surface area contributed by atoms with Gasteiger partial charge >= 0.3 is 0 Å². The van der Waals surface area contributed by atoms with E-state index in [0.29, 0.717) is 12.6 Å². The lowest BCUT2D eigenvalue weighted by Crippen LogP contribution is -2.32. The number of hydrogen-bond acceptors (Lipinski definition) is 3. The molecule has 1 N–H and O–H groups in total. The van der Waals surface area contributed by atoms with Crippen molar-refractivity contribution >= 4 is 38.9 Å². The van der Waals surface area contributed by atoms with Crippen molar-refractivity contribution in [2.45, 2.75) is 18.9 Å². The topological polar surface area (TPSA) is 32.3 Å². The normalized spacial score (nSPS) is 18.8. The molecule has 0 radical (unpaired) electrons. The van der Waals surface area contributed by atoms with Crippen molar-refractivity contribution in [1.82, 2.24) is 4.90 Å². The molecule has 110 valence electrons. The number of halogens is 1. The summed E-state index contributed by atoms with van der Waals surface area (Å²) in [6.45, 7) is 1.45. The van der Waals surface area contributed by atoms with E-state index < -0.39 is 0 Å². The first-order valence-corrected chi connectivity index (χ1v) is 8.72. The van der Waals surface area contributed by atoms with Gasteiger partial charge in [-0.05, 0) is 55.1 Å². The average Bonchev–Trinajstić information content (AvgIpc) is 3.11. The van der Waals surface area contributed by atoms with Gasteiger partial charge in [0, 0.05) is 21.1 Å². The Balaban J connectivity index is 1.60. The SMILES string of the molecule is O=C(CN1CCC[C@@H]1c1cccs1)Nc1ccc(Br)cc1. The van der Waals surface area contributed by atoms with Gasteiger partial charge in [0.1, 0.15) is 0 Å². The molecule has 1 aromatic carbocycles. The maximum atomic E-state index is 12.2. The van der Waals surface area contributed by atoms with Crippen molar-refractivity contribution in [3.8, 4) is 0 Å². The zero-order valence-electron chi connectivity index (χ0n) is 11.6. The summed E-state index contributed by atoms with van der Waals surface area (Å²) >= 11 is 5.17. The predicted octanol–water partition coefficient (Wildman–Crippen LogP) is 4.29. The maximum absolute atomic E-state index is 12.2. The molecule has 1 aliphatic heterocycles. The summed E-state index contributed by atoms with van der Waals surface area (Å²) in [7, 11) is 0. The number of benzene rings is 1. The lowest BCUT2D eigenvalue weighted by molar-refractivity contribution is -0.117. The Morgan fingerprint density at radius 3 is 2.86 bits per heavy atom. The highest BCUT2D eigenvalue weighted by molar-refractivity contribution is 9.10. The molecule has 2 heterocycles. The van der Waals surface area contributed by atoms with E-state index >= 15 is 0 Å². The minimum absolute atomic E-state index is 0.0563. The van der Waals surface area contributed by atoms with Crippen LogP contribution in [0.15, 0.2) is 46.3 Å². The predicted molar refractivity (Wildman–Crippen MR) is 90.6 cm³/mol. The van der Waals surface area contributed by atoms with E-state index in [1.807, 2.05) is 24.3 Å². The fraction of sp³-hybridized carbons (Fsp3) is 0.312. The van der Waals surface area contributed by atoms with Crippen LogP contribution in [0.2, 0.25) is 0 Å². The molecule has 0 spiro atoms. The summed E-state index contributed by atoms with van der Waals surface area (Å²) in [5.74, 6) is 0.0563. The van der Waals surface area contributed by atoms with Crippen LogP contribution < -0.4 is 5.32 Å². The number of rotatable bonds is 4. The van der Waals surface area contributed by atoms with E-state index in [1.54, 1.807) is 11.3 Å². The average molecular weight is 365 g/mol. The summed E-state index contributed by atoms with van der Waals surface area (Å²) in [6.07, 6.45) is 2.31. The van der Waals surface area contributed by atoms with Crippen LogP contribution in [0.1, 0.15) is 23.8 Å². The van der Waals surface area contributed by atoms with Crippen molar-refractivity contribution in [2.75, 3.05) is 18.4 Å². The zero-order chi connectivity index (χ0) is 14.7. The molecule has 1 aliphatic rings. The Bertz CT molecular complexity index is 597. The number of thiophene rings is 1. The smallest absolute Gasteiger partial charge is 0.238 e. The Morgan fingerprint density at radius 2 is 2.14 bits per heavy atom. The number of carbonyl (C=O) groups is 1. The molecule has 1 saturated heterocycles. The van der Waals surface area contributed by atoms with Crippen LogP contribution in [-0.4, -0.2) is 23.9 Å². The van der Waals surface area contributed by atoms with E-state index in [0.717, 1.165) is 29.5 Å². The van der Waals surface area contributed by atoms with Gasteiger partial charge in [-0.3, -0.25) is 9.69 Å². The molecule has 0 aliphatic carbocycles. The third kappa shape index (κ3) is 3.73. The van der Waals surface area contributed by atoms with E-state index in [9.17, 15) is 4.79 Å². The van der Waals surface area contributed by atoms with Crippen LogP contribution in [-0.2, 0) is 4.79 Å². The van der Waals surface area contributed by atoms with Crippen LogP contribution in [0.4, 0.5) is 5.69 Å². The quantitative estimate of drug-likeness (QED) is 0.877. The zero-order valence-corrected chi connectivity index (χ0v) is 14.0. The van der Waals surface area contributed by atoms with Crippen molar-refractivity contribution in [3.05, 3.63) is 51.1 Å². The molecular formula is C16H17BrN2OS. The van der Waals surface area contributed by atoms with Gasteiger partial charge in [0.2, 0.25) is 5.91 Å². The number of carbonyl (C=O) groups excluding carboxylic acids is 1. The molecular weight excluding hydrogens is 348 g/mol. The Hall–Kier alpha value is -1.17. The molecule has 1 fully saturated rings. The molecule has 3 rings (SSSR count). The van der Waals surface area contributed by atoms with Gasteiger partial charge in [0.25, 0.3) is 0 Å². The van der Waals surface area contributed by atoms with Crippen molar-refractivity contribution < 1.29 is 4.79 Å². The fourth-order valence-electron chi connectivity index (χ4n) is 2.74. The lowest BCUT2D eigenvalue weighted by atomic mass is 10.2. The number of nitrogens with one attached hydrogen (secondary N) is 1. The number of anilines is 1. The lowest BCUT2D eigenvalue weighted by Gasteiger charge is -2.22. The molecule has 3 nitrogen and oxygen atoms in total. The summed E-state index contributed by atoms with van der Waals surface area (Å²) in [5.41, 5.74) is 0.843. The van der Waals surface area contributed by atoms with Crippen molar-refractivity contribution in [3.63, 3.8) is 0 Å². The third-order valence-electron chi connectivity index (χ3n) is 3.71. The summed E-state index contributed by atoms with van der Waals surface area (Å²) in [5, 5.41) is 5.07. The van der Waals surface area contributed by atoms with Crippen LogP contribution in [0.25, 0.3) is 0 Å². The number of amides is 1. The minimum atomic E-state index is 0.0563. The summed E-state index contributed by atoms with van der Waals surface area (Å²) in [6, 6.07) is 12.3. The standard InChI is InChI=1S/C16H17BrN2OS/c17-12-5-7-13(8-6-12)18-16(20)11-19-9-1-3-14(19)15-4-2-10-21-15/h2,4-8,10,14H,1,3,9,11H2,(H,18,20)/t14-/m1/s1. The largest absolute Gasteiger partial charge is 0.325 e. The summed E-state index contributed by atoms with van der Waals surface area (Å²) < 4.78 is 1.01. The van der Waals surface area contributed by atoms with E-state index in [4.69, 9.17) is 0 Å². The first-order valence-electron chi connectivity index (χ1n) is 7.05. The van der Waals surface area contributed by atoms with Gasteiger partial charge in [-0.25, -0.2) is 0 Å². The fourth-order valence-corrected chi connectivity index (χ4v) is 3.90. The number of hydrogen-bond donors (Lipinski definition) is 1. The van der Waals surface area contributed by atoms with Crippen molar-refractivity contribution in [1.29, 1.82) is 0 Å². The van der Waals surface area contributed by atoms with Crippen LogP contribution in [0.5, 0.6) is 0 Å². The van der Waals surface area contributed by atoms with Gasteiger partial charge in [0.05, 0.1) is 6.54 Å². The van der Waals surface area contributed by atoms with Gasteiger partial charge in [-0.15, -0.1) is 11.3 Å². The number of likely N-dealkylation sites (tertiary alicyclic amines) is 1. The molecule has 21 heavy (non-hydrogen) atoms. The second-order valence-corrected chi connectivity index (χ2v) is 7.09. The monoisotopic (exact) mass is 364 g/mol. The Kier molecular flexibility index (Phi) is 4.73. The molecule has 2 aromatic rings. The van der Waals surface area contributed by atoms with E-state index in [2.05, 4.69) is 43.7 Å². The highest BCUT2D eigenvalue weighted by Gasteiger charge is 2.28. The van der Waals surface area contributed by atoms with E-state index in [-0.39, 0.29) is 5.91 Å². The van der Waals surface area contributed by atoms with Gasteiger partial charge in [-0.2, -0.15) is 0 Å². The molecule has 0 saturated carbocycles. The second-order valence-electron chi connectivity index (χ2n) is 5.20. The Labute approximate surface area is 137 Å². The molecule has 1 atom stereocenters. The molecule has 1 amide bonds. The highest BCUT2D eigenvalue weighted by Crippen LogP contribution is 2.34. The molecule has 0 bridgehead atoms. The molecule has 1 aromatic heterocycles. The third-order valence-corrected chi connectivity index (χ3v) is 5.21. The first kappa shape index (κ1) is 14.8. The van der Waals surface area contributed by atoms with E-state index in [1.165, 1.54) is 4.88 Å². The summed E-state index contributed by atoms with van der Waals surface area (Å²) in [4.78, 5) is 15.8. The maximum Gasteiger partial charge on any atom is 0.238 e. The first-order chi connectivity index (χ1) is 10.2. The van der Waals surface area contributed by atoms with Crippen LogP contribution >= 0.6 is 27.3 Å². The minimum Gasteiger partial charge on any atom is -0.325 e. The molecule has 0 unspecified atom stereocenters. The second kappa shape index (κ2) is 6.73. The van der Waals surface area contributed by atoms with Gasteiger partial charge in [0.15, 0.2) is 0 Å². The van der Waals surface area contributed by atoms with Crippen molar-refractivity contribution in [2.24, 2.45) is 0 Å². The molecule has 5 heteroatoms. The Morgan fingerprint density at radius 1 is 1.33 bits per heavy atom. The number of nitrogens with zero attached hydrogens (tertiary/aromatic N) is 1. The van der Waals surface area contributed by atoms with Gasteiger partial charge in [-0.1, -0.05) is 22.0 Å². The van der Waals surface area contributed by atoms with Gasteiger partial charge < -0.3 is 5.32 Å². The van der Waals surface area contributed by atoms with Crippen LogP contribution in [0, 0.1) is 0 Å². The highest BCUT2D eigenvalue weighted by atomic mass is 79.9.